The molecule has 0 radical (unpaired) electrons. The van der Waals surface area contributed by atoms with Crippen LogP contribution in [0.3, 0.4) is 0 Å². The van der Waals surface area contributed by atoms with Crippen LogP contribution in [0.1, 0.15) is 81.1 Å². The zero-order chi connectivity index (χ0) is 40.6. The van der Waals surface area contributed by atoms with E-state index in [1.54, 1.807) is 41.5 Å². The van der Waals surface area contributed by atoms with Crippen LogP contribution in [0.5, 0.6) is 0 Å². The Morgan fingerprint density at radius 2 is 0.926 bits per heavy atom. The number of nitrogens with zero attached hydrogens (tertiary/aromatic N) is 2. The van der Waals surface area contributed by atoms with Crippen molar-refractivity contribution in [2.75, 3.05) is 48.1 Å². The summed E-state index contributed by atoms with van der Waals surface area (Å²) in [5.41, 5.74) is -1.54. The zero-order valence-corrected chi connectivity index (χ0v) is 36.9. The number of carbonyl (C=O) groups excluding carboxylic acids is 8. The lowest BCUT2D eigenvalue weighted by Crippen LogP contribution is -2.47. The number of thioether (sulfide) groups is 4. The van der Waals surface area contributed by atoms with Crippen LogP contribution in [0.15, 0.2) is 0 Å². The van der Waals surface area contributed by atoms with E-state index in [0.29, 0.717) is 47.4 Å². The third-order valence-electron chi connectivity index (χ3n) is 7.53. The first-order chi connectivity index (χ1) is 25.2. The Morgan fingerprint density at radius 3 is 1.24 bits per heavy atom. The summed E-state index contributed by atoms with van der Waals surface area (Å²) in [6, 6.07) is -1.74. The van der Waals surface area contributed by atoms with Gasteiger partial charge in [0.1, 0.15) is 12.1 Å². The average molecular weight is 873 g/mol. The molecule has 0 spiro atoms. The van der Waals surface area contributed by atoms with Crippen molar-refractivity contribution in [3.63, 3.8) is 0 Å². The largest absolute Gasteiger partial charge is 0.427 e. The number of rotatable bonds is 19. The molecule has 0 aromatic carbocycles. The number of carbonyl (C=O) groups is 8. The van der Waals surface area contributed by atoms with E-state index in [1.807, 2.05) is 0 Å². The molecule has 0 aromatic rings. The van der Waals surface area contributed by atoms with Crippen molar-refractivity contribution in [1.29, 1.82) is 0 Å². The normalized spacial score (nSPS) is 20.0. The van der Waals surface area contributed by atoms with Gasteiger partial charge in [0.25, 0.3) is 0 Å². The molecule has 2 fully saturated rings. The molecule has 20 heteroatoms. The second kappa shape index (κ2) is 23.5. The third kappa shape index (κ3) is 16.8. The smallest absolute Gasteiger partial charge is 0.332 e. The molecule has 306 valence electrons. The van der Waals surface area contributed by atoms with Crippen LogP contribution in [0, 0.1) is 10.8 Å². The van der Waals surface area contributed by atoms with E-state index in [2.05, 4.69) is 0 Å². The predicted octanol–water partition coefficient (Wildman–Crippen LogP) is 5.21. The van der Waals surface area contributed by atoms with E-state index >= 15 is 0 Å². The quantitative estimate of drug-likeness (QED) is 0.0714. The maximum Gasteiger partial charge on any atom is 0.332 e. The van der Waals surface area contributed by atoms with Crippen LogP contribution in [0.4, 0.5) is 0 Å². The minimum absolute atomic E-state index is 0.0419. The molecule has 0 aliphatic carbocycles. The van der Waals surface area contributed by atoms with Gasteiger partial charge in [-0.2, -0.15) is 0 Å². The molecule has 2 unspecified atom stereocenters. The van der Waals surface area contributed by atoms with Gasteiger partial charge in [-0.15, -0.1) is 23.5 Å². The van der Waals surface area contributed by atoms with E-state index < -0.39 is 60.4 Å². The van der Waals surface area contributed by atoms with Crippen molar-refractivity contribution >= 4 is 115 Å². The Balaban J connectivity index is 1.94. The Kier molecular flexibility index (Phi) is 21.0. The minimum atomic E-state index is -0.872. The minimum Gasteiger partial charge on any atom is -0.427 e. The Labute approximate surface area is 342 Å². The number of hydrogen-bond acceptors (Lipinski definition) is 18. The predicted molar refractivity (Wildman–Crippen MR) is 216 cm³/mol. The first-order valence-corrected chi connectivity index (χ1v) is 23.8. The van der Waals surface area contributed by atoms with Gasteiger partial charge in [0.2, 0.25) is 25.4 Å². The summed E-state index contributed by atoms with van der Waals surface area (Å²) >= 11 is 5.16. The molecule has 2 saturated heterocycles. The molecular formula is C34H52N2O12S6. The van der Waals surface area contributed by atoms with Crippen LogP contribution in [-0.2, 0) is 57.3 Å². The van der Waals surface area contributed by atoms with E-state index in [-0.39, 0.29) is 45.6 Å². The van der Waals surface area contributed by atoms with Gasteiger partial charge in [0, 0.05) is 61.2 Å². The molecule has 2 aliphatic rings. The van der Waals surface area contributed by atoms with Gasteiger partial charge in [0.15, 0.2) is 10.2 Å². The highest BCUT2D eigenvalue weighted by atomic mass is 33.1. The standard InChI is InChI=1S/C34H52N2O12S6/c1-21(37)49-13-11-27-35(23(17-51-27)29(41)45-19-47-31(43)33(3,4)5)25(39)9-15-53-54-16-10-26(40)36-24(18-52-28(36)12-14-50-22(2)38)30(42)46-20-48-32(44)34(6,7)8/h23-24,27-28H,9-20H2,1-8H3/t23-,24-,27?,28?/m0/s1. The van der Waals surface area contributed by atoms with Gasteiger partial charge in [-0.05, 0) is 54.4 Å². The Hall–Kier alpha value is -1.74. The molecule has 2 rings (SSSR count). The Morgan fingerprint density at radius 1 is 0.574 bits per heavy atom. The van der Waals surface area contributed by atoms with Crippen LogP contribution >= 0.6 is 68.6 Å². The highest BCUT2D eigenvalue weighted by molar-refractivity contribution is 8.76. The van der Waals surface area contributed by atoms with Crippen LogP contribution < -0.4 is 0 Å². The molecular weight excluding hydrogens is 821 g/mol. The molecule has 14 nitrogen and oxygen atoms in total. The fourth-order valence-corrected chi connectivity index (χ4v) is 11.1. The van der Waals surface area contributed by atoms with E-state index in [4.69, 9.17) is 18.9 Å². The van der Waals surface area contributed by atoms with Crippen LogP contribution in [0.2, 0.25) is 0 Å². The number of hydrogen-bond donors (Lipinski definition) is 0. The molecule has 0 aromatic heterocycles. The van der Waals surface area contributed by atoms with Crippen molar-refractivity contribution in [2.45, 2.75) is 104 Å². The molecule has 2 aliphatic heterocycles. The highest BCUT2D eigenvalue weighted by Gasteiger charge is 2.43. The summed E-state index contributed by atoms with van der Waals surface area (Å²) in [5, 5.41) is -0.751. The lowest BCUT2D eigenvalue weighted by atomic mass is 9.97. The van der Waals surface area contributed by atoms with Gasteiger partial charge >= 0.3 is 23.9 Å². The number of esters is 4. The zero-order valence-electron chi connectivity index (χ0n) is 32.0. The topological polar surface area (TPSA) is 180 Å². The van der Waals surface area contributed by atoms with Crippen molar-refractivity contribution in [3.05, 3.63) is 0 Å². The van der Waals surface area contributed by atoms with Crippen LogP contribution in [-0.4, -0.2) is 127 Å². The third-order valence-corrected chi connectivity index (χ3v) is 14.3. The molecule has 0 N–H and O–H groups in total. The molecule has 0 saturated carbocycles. The van der Waals surface area contributed by atoms with Gasteiger partial charge < -0.3 is 28.7 Å². The number of amides is 2. The lowest BCUT2D eigenvalue weighted by molar-refractivity contribution is -0.177. The monoisotopic (exact) mass is 872 g/mol. The SMILES string of the molecule is CC(=O)SCCC1SC[C@@H](C(=O)OCOC(=O)C(C)(C)C)N1C(=O)CCSSCCC(=O)N1C(CCSC(C)=O)SC[C@H]1C(=O)OCOC(=O)C(C)(C)C. The van der Waals surface area contributed by atoms with Gasteiger partial charge in [-0.1, -0.05) is 45.1 Å². The molecule has 54 heavy (non-hydrogen) atoms. The lowest BCUT2D eigenvalue weighted by Gasteiger charge is -2.28. The summed E-state index contributed by atoms with van der Waals surface area (Å²) in [6.07, 6.45) is 1.20. The molecule has 4 atom stereocenters. The van der Waals surface area contributed by atoms with Crippen LogP contribution in [0.25, 0.3) is 0 Å². The summed E-state index contributed by atoms with van der Waals surface area (Å²) in [5.74, 6) is -0.565. The maximum absolute atomic E-state index is 13.5. The second-order valence-electron chi connectivity index (χ2n) is 14.1. The fourth-order valence-electron chi connectivity index (χ4n) is 4.75. The molecule has 2 heterocycles. The first-order valence-electron chi connectivity index (χ1n) is 17.3. The van der Waals surface area contributed by atoms with Crippen molar-refractivity contribution < 1.29 is 57.3 Å². The summed E-state index contributed by atoms with van der Waals surface area (Å²) < 4.78 is 20.6. The fraction of sp³-hybridized carbons (Fsp3) is 0.765. The van der Waals surface area contributed by atoms with E-state index in [1.165, 1.54) is 68.8 Å². The second-order valence-corrected chi connectivity index (χ2v) is 21.8. The summed E-state index contributed by atoms with van der Waals surface area (Å²) in [4.78, 5) is 103. The van der Waals surface area contributed by atoms with Gasteiger partial charge in [-0.3, -0.25) is 28.8 Å². The van der Waals surface area contributed by atoms with Gasteiger partial charge in [-0.25, -0.2) is 9.59 Å². The molecule has 2 amide bonds. The average Bonchev–Trinajstić information content (AvgIpc) is 3.69. The van der Waals surface area contributed by atoms with Crippen molar-refractivity contribution in [2.24, 2.45) is 10.8 Å². The van der Waals surface area contributed by atoms with Crippen molar-refractivity contribution in [1.82, 2.24) is 9.80 Å². The summed E-state index contributed by atoms with van der Waals surface area (Å²) in [6.45, 7) is 11.9. The maximum atomic E-state index is 13.5. The van der Waals surface area contributed by atoms with E-state index in [9.17, 15) is 38.4 Å². The summed E-state index contributed by atoms with van der Waals surface area (Å²) in [7, 11) is 2.80. The Bertz CT molecular complexity index is 1260. The number of ether oxygens (including phenoxy) is 4. The van der Waals surface area contributed by atoms with Crippen molar-refractivity contribution in [3.8, 4) is 0 Å². The molecule has 0 bridgehead atoms. The van der Waals surface area contributed by atoms with Gasteiger partial charge in [0.05, 0.1) is 21.6 Å². The van der Waals surface area contributed by atoms with E-state index in [0.717, 1.165) is 23.5 Å². The first kappa shape index (κ1) is 48.4. The highest BCUT2D eigenvalue weighted by Crippen LogP contribution is 2.36.